The average molecular weight is 293 g/mol. The van der Waals surface area contributed by atoms with E-state index in [0.717, 1.165) is 0 Å². The van der Waals surface area contributed by atoms with Crippen LogP contribution in [0.3, 0.4) is 0 Å². The molecule has 2 N–H and O–H groups in total. The van der Waals surface area contributed by atoms with E-state index in [2.05, 4.69) is 5.32 Å². The molecule has 5 heteroatoms. The molecule has 1 amide bonds. The summed E-state index contributed by atoms with van der Waals surface area (Å²) in [5, 5.41) is 11.7. The molecule has 0 aliphatic rings. The molecule has 1 rings (SSSR count). The smallest absolute Gasteiger partial charge is 0.326 e. The molecule has 0 heterocycles. The monoisotopic (exact) mass is 293 g/mol. The Morgan fingerprint density at radius 3 is 2.14 bits per heavy atom. The van der Waals surface area contributed by atoms with E-state index in [4.69, 9.17) is 9.84 Å². The maximum Gasteiger partial charge on any atom is 0.326 e. The maximum absolute atomic E-state index is 12.1. The van der Waals surface area contributed by atoms with Gasteiger partial charge in [-0.3, -0.25) is 4.79 Å². The zero-order valence-corrected chi connectivity index (χ0v) is 12.9. The first kappa shape index (κ1) is 17.0. The van der Waals surface area contributed by atoms with Crippen LogP contribution in [0.5, 0.6) is 5.75 Å². The number of ether oxygens (including phenoxy) is 1. The molecule has 116 valence electrons. The molecule has 0 aromatic heterocycles. The van der Waals surface area contributed by atoms with E-state index in [1.807, 2.05) is 27.7 Å². The van der Waals surface area contributed by atoms with Crippen molar-refractivity contribution in [3.8, 4) is 5.75 Å². The van der Waals surface area contributed by atoms with Gasteiger partial charge in [0.05, 0.1) is 6.10 Å². The van der Waals surface area contributed by atoms with Crippen LogP contribution in [0.4, 0.5) is 0 Å². The van der Waals surface area contributed by atoms with Crippen LogP contribution in [0.15, 0.2) is 24.3 Å². The highest BCUT2D eigenvalue weighted by Gasteiger charge is 2.21. The summed E-state index contributed by atoms with van der Waals surface area (Å²) in [6.07, 6.45) is 0.461. The first-order valence-corrected chi connectivity index (χ1v) is 7.10. The van der Waals surface area contributed by atoms with Crippen molar-refractivity contribution in [3.63, 3.8) is 0 Å². The van der Waals surface area contributed by atoms with E-state index in [1.165, 1.54) is 0 Å². The largest absolute Gasteiger partial charge is 0.491 e. The fourth-order valence-corrected chi connectivity index (χ4v) is 1.89. The molecule has 0 unspecified atom stereocenters. The fraction of sp³-hybridized carbons (Fsp3) is 0.500. The van der Waals surface area contributed by atoms with Gasteiger partial charge < -0.3 is 15.2 Å². The third-order valence-electron chi connectivity index (χ3n) is 2.80. The quantitative estimate of drug-likeness (QED) is 0.810. The molecule has 0 saturated carbocycles. The van der Waals surface area contributed by atoms with Crippen LogP contribution in [-0.2, 0) is 4.79 Å². The normalized spacial score (nSPS) is 12.3. The second-order valence-corrected chi connectivity index (χ2v) is 5.68. The molecular weight excluding hydrogens is 270 g/mol. The molecule has 0 bridgehead atoms. The topological polar surface area (TPSA) is 75.6 Å². The summed E-state index contributed by atoms with van der Waals surface area (Å²) in [6.45, 7) is 7.67. The minimum Gasteiger partial charge on any atom is -0.491 e. The first-order valence-electron chi connectivity index (χ1n) is 7.10. The molecular formula is C16H23NO4. The van der Waals surface area contributed by atoms with Crippen molar-refractivity contribution in [2.24, 2.45) is 5.92 Å². The molecule has 21 heavy (non-hydrogen) atoms. The molecule has 1 aromatic rings. The lowest BCUT2D eigenvalue weighted by molar-refractivity contribution is -0.139. The summed E-state index contributed by atoms with van der Waals surface area (Å²) in [5.41, 5.74) is 0.418. The van der Waals surface area contributed by atoms with Crippen LogP contribution in [0.2, 0.25) is 0 Å². The number of hydrogen-bond donors (Lipinski definition) is 2. The molecule has 0 saturated heterocycles. The molecule has 0 aliphatic heterocycles. The number of carboxylic acid groups (broad SMARTS) is 1. The van der Waals surface area contributed by atoms with Gasteiger partial charge in [0, 0.05) is 5.56 Å². The Balaban J connectivity index is 2.71. The van der Waals surface area contributed by atoms with Crippen molar-refractivity contribution >= 4 is 11.9 Å². The van der Waals surface area contributed by atoms with Gasteiger partial charge in [0.1, 0.15) is 11.8 Å². The molecule has 5 nitrogen and oxygen atoms in total. The van der Waals surface area contributed by atoms with Gasteiger partial charge in [-0.2, -0.15) is 0 Å². The van der Waals surface area contributed by atoms with Crippen molar-refractivity contribution in [1.82, 2.24) is 5.32 Å². The highest BCUT2D eigenvalue weighted by molar-refractivity contribution is 5.96. The summed E-state index contributed by atoms with van der Waals surface area (Å²) in [7, 11) is 0. The van der Waals surface area contributed by atoms with Crippen molar-refractivity contribution in [2.75, 3.05) is 0 Å². The number of carbonyl (C=O) groups is 2. The van der Waals surface area contributed by atoms with Gasteiger partial charge in [0.25, 0.3) is 5.91 Å². The average Bonchev–Trinajstić information content (AvgIpc) is 2.37. The molecule has 0 aliphatic carbocycles. The summed E-state index contributed by atoms with van der Waals surface area (Å²) < 4.78 is 5.50. The van der Waals surface area contributed by atoms with Gasteiger partial charge >= 0.3 is 5.97 Å². The van der Waals surface area contributed by atoms with Gasteiger partial charge in [-0.15, -0.1) is 0 Å². The van der Waals surface area contributed by atoms with Crippen LogP contribution in [0.25, 0.3) is 0 Å². The molecule has 0 fully saturated rings. The SMILES string of the molecule is CC(C)C[C@@H](NC(=O)c1ccc(OC(C)C)cc1)C(=O)O. The Morgan fingerprint density at radius 1 is 1.14 bits per heavy atom. The van der Waals surface area contributed by atoms with E-state index in [-0.39, 0.29) is 17.9 Å². The minimum absolute atomic E-state index is 0.0621. The highest BCUT2D eigenvalue weighted by Crippen LogP contribution is 2.14. The third-order valence-corrected chi connectivity index (χ3v) is 2.80. The number of hydrogen-bond acceptors (Lipinski definition) is 3. The predicted octanol–water partition coefficient (Wildman–Crippen LogP) is 2.70. The molecule has 1 atom stereocenters. The lowest BCUT2D eigenvalue weighted by atomic mass is 10.0. The van der Waals surface area contributed by atoms with Crippen LogP contribution in [0.1, 0.15) is 44.5 Å². The summed E-state index contributed by atoms with van der Waals surface area (Å²) in [6, 6.07) is 5.78. The van der Waals surface area contributed by atoms with E-state index < -0.39 is 12.0 Å². The van der Waals surface area contributed by atoms with Gasteiger partial charge in [-0.05, 0) is 50.5 Å². The molecule has 1 aromatic carbocycles. The van der Waals surface area contributed by atoms with Gasteiger partial charge in [-0.25, -0.2) is 4.79 Å². The Morgan fingerprint density at radius 2 is 1.71 bits per heavy atom. The third kappa shape index (κ3) is 5.85. The molecule has 0 spiro atoms. The van der Waals surface area contributed by atoms with Crippen molar-refractivity contribution in [3.05, 3.63) is 29.8 Å². The number of carbonyl (C=O) groups excluding carboxylic acids is 1. The van der Waals surface area contributed by atoms with Crippen molar-refractivity contribution in [2.45, 2.75) is 46.3 Å². The number of aliphatic carboxylic acids is 1. The van der Waals surface area contributed by atoms with Gasteiger partial charge in [0.15, 0.2) is 0 Å². The van der Waals surface area contributed by atoms with Crippen molar-refractivity contribution < 1.29 is 19.4 Å². The van der Waals surface area contributed by atoms with Gasteiger partial charge in [-0.1, -0.05) is 13.8 Å². The fourth-order valence-electron chi connectivity index (χ4n) is 1.89. The minimum atomic E-state index is -1.02. The Hall–Kier alpha value is -2.04. The van der Waals surface area contributed by atoms with Crippen LogP contribution >= 0.6 is 0 Å². The molecule has 0 radical (unpaired) electrons. The maximum atomic E-state index is 12.1. The summed E-state index contributed by atoms with van der Waals surface area (Å²) in [4.78, 5) is 23.2. The lowest BCUT2D eigenvalue weighted by Gasteiger charge is -2.16. The van der Waals surface area contributed by atoms with Crippen LogP contribution in [0, 0.1) is 5.92 Å². The first-order chi connectivity index (χ1) is 9.79. The number of carboxylic acids is 1. The Labute approximate surface area is 125 Å². The number of amides is 1. The Bertz CT molecular complexity index is 480. The van der Waals surface area contributed by atoms with E-state index in [0.29, 0.717) is 17.7 Å². The lowest BCUT2D eigenvalue weighted by Crippen LogP contribution is -2.41. The summed E-state index contributed by atoms with van der Waals surface area (Å²) in [5.74, 6) is -0.539. The van der Waals surface area contributed by atoms with Crippen LogP contribution in [-0.4, -0.2) is 29.1 Å². The van der Waals surface area contributed by atoms with E-state index in [1.54, 1.807) is 24.3 Å². The zero-order valence-electron chi connectivity index (χ0n) is 12.9. The van der Waals surface area contributed by atoms with Crippen LogP contribution < -0.4 is 10.1 Å². The predicted molar refractivity (Wildman–Crippen MR) is 80.6 cm³/mol. The second-order valence-electron chi connectivity index (χ2n) is 5.68. The zero-order chi connectivity index (χ0) is 16.0. The van der Waals surface area contributed by atoms with E-state index >= 15 is 0 Å². The van der Waals surface area contributed by atoms with Crippen molar-refractivity contribution in [1.29, 1.82) is 0 Å². The number of rotatable bonds is 7. The second kappa shape index (κ2) is 7.67. The Kier molecular flexibility index (Phi) is 6.21. The highest BCUT2D eigenvalue weighted by atomic mass is 16.5. The summed E-state index contributed by atoms with van der Waals surface area (Å²) >= 11 is 0. The standard InChI is InChI=1S/C16H23NO4/c1-10(2)9-14(16(19)20)17-15(18)12-5-7-13(8-6-12)21-11(3)4/h5-8,10-11,14H,9H2,1-4H3,(H,17,18)(H,19,20)/t14-/m1/s1. The number of nitrogens with one attached hydrogen (secondary N) is 1. The van der Waals surface area contributed by atoms with E-state index in [9.17, 15) is 9.59 Å². The number of benzene rings is 1. The van der Waals surface area contributed by atoms with Gasteiger partial charge in [0.2, 0.25) is 0 Å².